The number of aromatic nitrogens is 2. The molecule has 186 valence electrons. The van der Waals surface area contributed by atoms with Crippen LogP contribution in [0, 0.1) is 11.7 Å². The molecule has 36 heavy (non-hydrogen) atoms. The highest BCUT2D eigenvalue weighted by Crippen LogP contribution is 2.22. The fraction of sp³-hybridized carbons (Fsp3) is 0.300. The Morgan fingerprint density at radius 1 is 0.917 bits per heavy atom. The molecule has 0 radical (unpaired) electrons. The van der Waals surface area contributed by atoms with Crippen LogP contribution in [0.2, 0.25) is 0 Å². The van der Waals surface area contributed by atoms with Crippen molar-refractivity contribution in [1.82, 2.24) is 9.55 Å². The second-order valence-corrected chi connectivity index (χ2v) is 9.07. The van der Waals surface area contributed by atoms with Gasteiger partial charge in [-0.25, -0.2) is 9.37 Å². The third kappa shape index (κ3) is 6.95. The highest BCUT2D eigenvalue weighted by Gasteiger charge is 2.19. The summed E-state index contributed by atoms with van der Waals surface area (Å²) < 4.78 is 15.1. The quantitative estimate of drug-likeness (QED) is 0.421. The molecule has 1 aliphatic rings. The van der Waals surface area contributed by atoms with E-state index in [0.29, 0.717) is 30.3 Å². The van der Waals surface area contributed by atoms with Gasteiger partial charge in [-0.3, -0.25) is 14.4 Å². The van der Waals surface area contributed by atoms with E-state index in [1.54, 1.807) is 24.4 Å². The molecular formula is C30H32FN3O2. The Morgan fingerprint density at radius 2 is 1.72 bits per heavy atom. The summed E-state index contributed by atoms with van der Waals surface area (Å²) in [6.07, 6.45) is 6.45. The molecule has 0 fully saturated rings. The molecule has 0 saturated heterocycles. The van der Waals surface area contributed by atoms with Crippen molar-refractivity contribution in [2.45, 2.75) is 38.5 Å². The van der Waals surface area contributed by atoms with Gasteiger partial charge in [0.05, 0.1) is 5.69 Å². The number of aliphatic hydroxyl groups is 1. The Labute approximate surface area is 211 Å². The van der Waals surface area contributed by atoms with Gasteiger partial charge in [0.2, 0.25) is 0 Å². The number of aliphatic hydroxyl groups excluding tert-OH is 1. The largest absolute Gasteiger partial charge is 0.396 e. The van der Waals surface area contributed by atoms with Crippen molar-refractivity contribution < 1.29 is 9.50 Å². The van der Waals surface area contributed by atoms with Gasteiger partial charge in [0.25, 0.3) is 5.56 Å². The number of halogens is 1. The molecule has 0 spiro atoms. The van der Waals surface area contributed by atoms with E-state index < -0.39 is 0 Å². The van der Waals surface area contributed by atoms with Crippen LogP contribution in [0.4, 0.5) is 4.39 Å². The Balaban J connectivity index is 1.64. The first-order chi connectivity index (χ1) is 17.6. The van der Waals surface area contributed by atoms with E-state index in [2.05, 4.69) is 29.2 Å². The minimum Gasteiger partial charge on any atom is -0.396 e. The van der Waals surface area contributed by atoms with Crippen molar-refractivity contribution in [3.05, 3.63) is 118 Å². The van der Waals surface area contributed by atoms with Gasteiger partial charge < -0.3 is 5.11 Å². The maximum atomic E-state index is 13.5. The first kappa shape index (κ1) is 25.5. The van der Waals surface area contributed by atoms with E-state index in [1.807, 2.05) is 18.2 Å². The normalized spacial score (nSPS) is 14.8. The van der Waals surface area contributed by atoms with Crippen molar-refractivity contribution in [3.63, 3.8) is 0 Å². The molecule has 3 aromatic rings. The molecule has 0 saturated carbocycles. The number of benzene rings is 2. The van der Waals surface area contributed by atoms with Crippen molar-refractivity contribution in [1.29, 1.82) is 0 Å². The standard InChI is InChI=1S/C30H32FN3O2/c31-26-13-15-27(16-14-26)34-29(11-5-2-6-19-35)32-18-17-25(10-7-12-30(34)36)28-21-24(22-33-28)20-23-8-3-1-4-9-23/h1,3-4,7-10,12-18,24,35H,2,5-6,11,19-22H2. The summed E-state index contributed by atoms with van der Waals surface area (Å²) in [4.78, 5) is 22.7. The zero-order valence-electron chi connectivity index (χ0n) is 20.4. The topological polar surface area (TPSA) is 67.5 Å². The van der Waals surface area contributed by atoms with Gasteiger partial charge in [0, 0.05) is 37.5 Å². The summed E-state index contributed by atoms with van der Waals surface area (Å²) in [7, 11) is 0. The number of hydrogen-bond acceptors (Lipinski definition) is 4. The lowest BCUT2D eigenvalue weighted by Crippen LogP contribution is -2.20. The predicted octanol–water partition coefficient (Wildman–Crippen LogP) is 5.25. The summed E-state index contributed by atoms with van der Waals surface area (Å²) in [6, 6.07) is 23.4. The van der Waals surface area contributed by atoms with Crippen LogP contribution >= 0.6 is 0 Å². The van der Waals surface area contributed by atoms with Gasteiger partial charge in [-0.2, -0.15) is 0 Å². The van der Waals surface area contributed by atoms with Gasteiger partial charge in [0.15, 0.2) is 0 Å². The number of hydrogen-bond donors (Lipinski definition) is 1. The lowest BCUT2D eigenvalue weighted by atomic mass is 9.95. The zero-order chi connectivity index (χ0) is 25.2. The second kappa shape index (κ2) is 12.9. The minimum absolute atomic E-state index is 0.136. The molecule has 0 aliphatic carbocycles. The molecule has 5 nitrogen and oxygen atoms in total. The Kier molecular flexibility index (Phi) is 9.11. The van der Waals surface area contributed by atoms with Crippen molar-refractivity contribution in [2.24, 2.45) is 10.9 Å². The third-order valence-electron chi connectivity index (χ3n) is 6.34. The van der Waals surface area contributed by atoms with E-state index in [9.17, 15) is 9.18 Å². The summed E-state index contributed by atoms with van der Waals surface area (Å²) in [5.41, 5.74) is 3.61. The smallest absolute Gasteiger partial charge is 0.256 e. The molecule has 0 bridgehead atoms. The van der Waals surface area contributed by atoms with E-state index in [-0.39, 0.29) is 18.0 Å². The van der Waals surface area contributed by atoms with Crippen molar-refractivity contribution in [2.75, 3.05) is 13.2 Å². The molecule has 2 heterocycles. The van der Waals surface area contributed by atoms with Crippen LogP contribution in [0.25, 0.3) is 5.69 Å². The Hall–Kier alpha value is -3.64. The Morgan fingerprint density at radius 3 is 2.50 bits per heavy atom. The van der Waals surface area contributed by atoms with E-state index in [1.165, 1.54) is 28.3 Å². The highest BCUT2D eigenvalue weighted by atomic mass is 19.1. The first-order valence-corrected chi connectivity index (χ1v) is 12.5. The molecule has 6 heteroatoms. The molecule has 1 N–H and O–H groups in total. The highest BCUT2D eigenvalue weighted by molar-refractivity contribution is 6.01. The molecule has 2 aromatic carbocycles. The fourth-order valence-corrected chi connectivity index (χ4v) is 4.49. The lowest BCUT2D eigenvalue weighted by Gasteiger charge is -2.10. The van der Waals surface area contributed by atoms with Crippen LogP contribution in [0.1, 0.15) is 42.6 Å². The minimum atomic E-state index is -0.361. The van der Waals surface area contributed by atoms with Gasteiger partial charge in [-0.1, -0.05) is 48.9 Å². The van der Waals surface area contributed by atoms with Crippen LogP contribution in [0.3, 0.4) is 0 Å². The monoisotopic (exact) mass is 485 g/mol. The van der Waals surface area contributed by atoms with Crippen LogP contribution in [0.15, 0.2) is 94.8 Å². The zero-order valence-corrected chi connectivity index (χ0v) is 20.4. The lowest BCUT2D eigenvalue weighted by molar-refractivity contribution is 0.283. The van der Waals surface area contributed by atoms with E-state index in [0.717, 1.165) is 43.5 Å². The summed E-state index contributed by atoms with van der Waals surface area (Å²) in [5.74, 6) is 0.680. The average Bonchev–Trinajstić information content (AvgIpc) is 3.35. The van der Waals surface area contributed by atoms with Gasteiger partial charge in [-0.15, -0.1) is 0 Å². The van der Waals surface area contributed by atoms with Crippen LogP contribution in [0.5, 0.6) is 0 Å². The number of aryl methyl sites for hydroxylation is 1. The van der Waals surface area contributed by atoms with Crippen LogP contribution in [-0.2, 0) is 12.8 Å². The van der Waals surface area contributed by atoms with Gasteiger partial charge in [0.1, 0.15) is 11.6 Å². The summed E-state index contributed by atoms with van der Waals surface area (Å²) in [5, 5.41) is 9.12. The molecule has 1 aromatic heterocycles. The average molecular weight is 486 g/mol. The Bertz CT molecular complexity index is 1290. The van der Waals surface area contributed by atoms with E-state index >= 15 is 0 Å². The third-order valence-corrected chi connectivity index (χ3v) is 6.34. The second-order valence-electron chi connectivity index (χ2n) is 9.07. The first-order valence-electron chi connectivity index (χ1n) is 12.5. The molecular weight excluding hydrogens is 453 g/mol. The van der Waals surface area contributed by atoms with Crippen LogP contribution < -0.4 is 5.56 Å². The predicted molar refractivity (Wildman–Crippen MR) is 142 cm³/mol. The van der Waals surface area contributed by atoms with Crippen molar-refractivity contribution >= 4 is 5.71 Å². The van der Waals surface area contributed by atoms with Gasteiger partial charge >= 0.3 is 0 Å². The van der Waals surface area contributed by atoms with Gasteiger partial charge in [-0.05, 0) is 73.1 Å². The summed E-state index contributed by atoms with van der Waals surface area (Å²) >= 11 is 0. The number of unbranched alkanes of at least 4 members (excludes halogenated alkanes) is 2. The molecule has 1 unspecified atom stereocenters. The summed E-state index contributed by atoms with van der Waals surface area (Å²) in [6.45, 7) is 0.924. The molecule has 1 atom stereocenters. The maximum absolute atomic E-state index is 13.5. The number of rotatable bonds is 9. The molecule has 4 rings (SSSR count). The van der Waals surface area contributed by atoms with E-state index in [4.69, 9.17) is 10.1 Å². The van der Waals surface area contributed by atoms with Crippen LogP contribution in [-0.4, -0.2) is 33.5 Å². The molecule has 1 aliphatic heterocycles. The maximum Gasteiger partial charge on any atom is 0.256 e. The number of nitrogens with zero attached hydrogens (tertiary/aromatic N) is 3. The number of aliphatic imine (C=N–C) groups is 1. The molecule has 0 amide bonds. The van der Waals surface area contributed by atoms with Crippen molar-refractivity contribution in [3.8, 4) is 5.69 Å². The fourth-order valence-electron chi connectivity index (χ4n) is 4.49. The SMILES string of the molecule is O=c1cccc(C2=NCC(Cc3ccccc3)C2)ccnc(CCCCCO)n1-c1ccc(F)cc1.